The SMILES string of the molecule is COc1c(NC(=O)N[C@H]2CC[C@@H](Oc3ccc(=N)n(C(=N)N4CCCCC4)c3)c3ccccc32)cc(C(C)(C)C)cc1NS(C)(=O)=O.[HH].[HH].[HH]. The Labute approximate surface area is 281 Å². The molecule has 0 spiro atoms. The molecule has 2 atom stereocenters. The van der Waals surface area contributed by atoms with Crippen LogP contribution in [0, 0.1) is 10.8 Å². The van der Waals surface area contributed by atoms with Crippen molar-refractivity contribution in [3.8, 4) is 11.5 Å². The van der Waals surface area contributed by atoms with Crippen LogP contribution in [0.4, 0.5) is 16.2 Å². The Morgan fingerprint density at radius 1 is 1.00 bits per heavy atom. The number of methoxy groups -OCH3 is 1. The summed E-state index contributed by atoms with van der Waals surface area (Å²) in [4.78, 5) is 15.5. The van der Waals surface area contributed by atoms with E-state index in [2.05, 4.69) is 15.4 Å². The molecular formula is C34H51N7O5S. The number of amides is 2. The lowest BCUT2D eigenvalue weighted by atomic mass is 9.85. The second-order valence-corrected chi connectivity index (χ2v) is 14.9. The lowest BCUT2D eigenvalue weighted by Gasteiger charge is -2.33. The predicted octanol–water partition coefficient (Wildman–Crippen LogP) is 6.43. The van der Waals surface area contributed by atoms with E-state index >= 15 is 0 Å². The number of nitrogens with one attached hydrogen (secondary N) is 5. The molecule has 13 heteroatoms. The number of urea groups is 1. The molecule has 0 unspecified atom stereocenters. The summed E-state index contributed by atoms with van der Waals surface area (Å²) in [5.41, 5.74) is 3.16. The van der Waals surface area contributed by atoms with E-state index in [4.69, 9.17) is 20.3 Å². The zero-order chi connectivity index (χ0) is 33.9. The van der Waals surface area contributed by atoms with Gasteiger partial charge in [0, 0.05) is 17.4 Å². The maximum Gasteiger partial charge on any atom is 0.319 e. The van der Waals surface area contributed by atoms with Crippen molar-refractivity contribution >= 4 is 33.4 Å². The molecule has 0 bridgehead atoms. The number of fused-ring (bicyclic) bond motifs is 1. The summed E-state index contributed by atoms with van der Waals surface area (Å²) in [6.45, 7) is 7.61. The van der Waals surface area contributed by atoms with Crippen LogP contribution in [-0.4, -0.2) is 56.3 Å². The first-order valence-electron chi connectivity index (χ1n) is 15.9. The van der Waals surface area contributed by atoms with Crippen LogP contribution in [0.3, 0.4) is 0 Å². The van der Waals surface area contributed by atoms with Crippen molar-refractivity contribution in [3.63, 3.8) is 0 Å². The van der Waals surface area contributed by atoms with Gasteiger partial charge in [-0.25, -0.2) is 13.2 Å². The summed E-state index contributed by atoms with van der Waals surface area (Å²) in [5, 5.41) is 23.1. The van der Waals surface area contributed by atoms with Gasteiger partial charge < -0.3 is 25.0 Å². The standard InChI is InChI=1S/C34H45N7O5S.3H2/c1-34(2,3)22-19-27(31(45-4)28(20-22)39-47(5,43)44)38-33(42)37-26-14-15-29(25-12-8-7-11-24(25)26)46-23-13-16-30(35)41(21-23)32(36)40-17-9-6-10-18-40;;;/h7-8,11-13,16,19-21,26,29,35-36,39H,6,9-10,14-15,17-18H2,1-5H3,(H2,37,38,42);3*1H/t26-,29+;;;/m0.../s1. The van der Waals surface area contributed by atoms with Crippen LogP contribution in [0.2, 0.25) is 0 Å². The Kier molecular flexibility index (Phi) is 9.85. The lowest BCUT2D eigenvalue weighted by Crippen LogP contribution is -2.42. The number of benzene rings is 2. The van der Waals surface area contributed by atoms with E-state index in [-0.39, 0.29) is 44.7 Å². The number of aromatic nitrogens is 1. The van der Waals surface area contributed by atoms with Crippen LogP contribution in [0.15, 0.2) is 54.7 Å². The molecule has 1 saturated heterocycles. The second kappa shape index (κ2) is 13.7. The molecule has 1 fully saturated rings. The number of piperidine rings is 1. The van der Waals surface area contributed by atoms with Gasteiger partial charge in [0.1, 0.15) is 17.3 Å². The quantitative estimate of drug-likeness (QED) is 0.144. The number of rotatable bonds is 7. The minimum absolute atomic E-state index is 0. The van der Waals surface area contributed by atoms with E-state index in [1.165, 1.54) is 7.11 Å². The number of sulfonamides is 1. The van der Waals surface area contributed by atoms with Gasteiger partial charge >= 0.3 is 6.03 Å². The number of likely N-dealkylation sites (tertiary alicyclic amines) is 1. The largest absolute Gasteiger partial charge is 0.492 e. The van der Waals surface area contributed by atoms with Gasteiger partial charge in [0.15, 0.2) is 5.75 Å². The van der Waals surface area contributed by atoms with Gasteiger partial charge in [0.2, 0.25) is 16.0 Å². The third-order valence-corrected chi connectivity index (χ3v) is 9.12. The second-order valence-electron chi connectivity index (χ2n) is 13.2. The minimum atomic E-state index is -3.61. The number of carbonyl (C=O) groups excluding carboxylic acids is 1. The number of carbonyl (C=O) groups is 1. The normalized spacial score (nSPS) is 18.1. The average molecular weight is 670 g/mol. The molecule has 12 nitrogen and oxygen atoms in total. The van der Waals surface area contributed by atoms with Crippen molar-refractivity contribution in [2.45, 2.75) is 70.4 Å². The topological polar surface area (TPSA) is 162 Å². The van der Waals surface area contributed by atoms with Gasteiger partial charge in [0.05, 0.1) is 37.0 Å². The maximum absolute atomic E-state index is 13.5. The van der Waals surface area contributed by atoms with Crippen LogP contribution in [-0.2, 0) is 15.4 Å². The van der Waals surface area contributed by atoms with Crippen molar-refractivity contribution in [2.24, 2.45) is 0 Å². The van der Waals surface area contributed by atoms with Gasteiger partial charge in [-0.2, -0.15) is 0 Å². The van der Waals surface area contributed by atoms with Gasteiger partial charge in [0.25, 0.3) is 0 Å². The van der Waals surface area contributed by atoms with E-state index in [1.807, 2.05) is 49.9 Å². The van der Waals surface area contributed by atoms with Crippen LogP contribution in [0.1, 0.15) is 86.0 Å². The van der Waals surface area contributed by atoms with Gasteiger partial charge in [-0.3, -0.25) is 20.1 Å². The van der Waals surface area contributed by atoms with Crippen molar-refractivity contribution < 1.29 is 27.0 Å². The fourth-order valence-corrected chi connectivity index (χ4v) is 6.69. The maximum atomic E-state index is 13.5. The lowest BCUT2D eigenvalue weighted by molar-refractivity contribution is 0.171. The smallest absolute Gasteiger partial charge is 0.319 e. The van der Waals surface area contributed by atoms with Gasteiger partial charge in [-0.15, -0.1) is 0 Å². The fraction of sp³-hybridized carbons (Fsp3) is 0.441. The molecule has 1 aromatic heterocycles. The summed E-state index contributed by atoms with van der Waals surface area (Å²) in [6, 6.07) is 14.0. The first-order valence-corrected chi connectivity index (χ1v) is 17.8. The molecule has 0 radical (unpaired) electrons. The Bertz CT molecular complexity index is 1830. The van der Waals surface area contributed by atoms with E-state index in [0.717, 1.165) is 55.3 Å². The number of hydrogen-bond acceptors (Lipinski definition) is 7. The third kappa shape index (κ3) is 8.07. The molecule has 1 aliphatic carbocycles. The number of ether oxygens (including phenoxy) is 2. The number of pyridine rings is 1. The van der Waals surface area contributed by atoms with Crippen molar-refractivity contribution in [1.29, 1.82) is 10.8 Å². The van der Waals surface area contributed by atoms with E-state index < -0.39 is 16.1 Å². The zero-order valence-corrected chi connectivity index (χ0v) is 28.5. The Hall–Kier alpha value is -4.52. The third-order valence-electron chi connectivity index (χ3n) is 8.53. The highest BCUT2D eigenvalue weighted by molar-refractivity contribution is 7.92. The number of nitrogens with zero attached hydrogens (tertiary/aromatic N) is 2. The molecule has 1 aliphatic heterocycles. The summed E-state index contributed by atoms with van der Waals surface area (Å²) in [7, 11) is -2.18. The molecule has 2 heterocycles. The molecule has 2 amide bonds. The van der Waals surface area contributed by atoms with Crippen LogP contribution in [0.5, 0.6) is 11.5 Å². The molecular weight excluding hydrogens is 618 g/mol. The molecule has 258 valence electrons. The van der Waals surface area contributed by atoms with Crippen molar-refractivity contribution in [3.05, 3.63) is 76.9 Å². The molecule has 5 N–H and O–H groups in total. The first-order chi connectivity index (χ1) is 22.2. The average Bonchev–Trinajstić information content (AvgIpc) is 3.02. The van der Waals surface area contributed by atoms with E-state index in [1.54, 1.807) is 35.0 Å². The summed E-state index contributed by atoms with van der Waals surface area (Å²) < 4.78 is 40.3. The monoisotopic (exact) mass is 669 g/mol. The highest BCUT2D eigenvalue weighted by atomic mass is 32.2. The van der Waals surface area contributed by atoms with E-state index in [9.17, 15) is 13.2 Å². The van der Waals surface area contributed by atoms with Crippen molar-refractivity contribution in [1.82, 2.24) is 14.8 Å². The van der Waals surface area contributed by atoms with Gasteiger partial charge in [-0.1, -0.05) is 45.0 Å². The highest BCUT2D eigenvalue weighted by Crippen LogP contribution is 2.41. The predicted molar refractivity (Wildman–Crippen MR) is 189 cm³/mol. The molecule has 5 rings (SSSR count). The van der Waals surface area contributed by atoms with Crippen LogP contribution >= 0.6 is 0 Å². The summed E-state index contributed by atoms with van der Waals surface area (Å²) in [6.07, 6.45) is 6.96. The molecule has 2 aliphatic rings. The Morgan fingerprint density at radius 2 is 1.68 bits per heavy atom. The van der Waals surface area contributed by atoms with Crippen LogP contribution < -0.4 is 30.3 Å². The molecule has 0 saturated carbocycles. The number of anilines is 2. The molecule has 47 heavy (non-hydrogen) atoms. The van der Waals surface area contributed by atoms with Crippen molar-refractivity contribution in [2.75, 3.05) is 36.5 Å². The Morgan fingerprint density at radius 3 is 2.34 bits per heavy atom. The number of hydrogen-bond donors (Lipinski definition) is 5. The first kappa shape index (κ1) is 33.8. The Balaban J connectivity index is 0.00000289. The minimum Gasteiger partial charge on any atom is -0.492 e. The fourth-order valence-electron chi connectivity index (χ4n) is 6.14. The highest BCUT2D eigenvalue weighted by Gasteiger charge is 2.30. The van der Waals surface area contributed by atoms with Crippen LogP contribution in [0.25, 0.3) is 0 Å². The van der Waals surface area contributed by atoms with Gasteiger partial charge in [-0.05, 0) is 78.5 Å². The molecule has 3 aromatic rings. The summed E-state index contributed by atoms with van der Waals surface area (Å²) >= 11 is 0. The summed E-state index contributed by atoms with van der Waals surface area (Å²) in [5.74, 6) is 1.06. The van der Waals surface area contributed by atoms with E-state index in [0.29, 0.717) is 24.3 Å². The molecule has 2 aromatic carbocycles. The zero-order valence-electron chi connectivity index (χ0n) is 27.6.